The van der Waals surface area contributed by atoms with Crippen LogP contribution < -0.4 is 10.2 Å². The second-order valence-corrected chi connectivity index (χ2v) is 6.66. The molecule has 0 atom stereocenters. The fourth-order valence-electron chi connectivity index (χ4n) is 2.97. The number of rotatable bonds is 6. The lowest BCUT2D eigenvalue weighted by molar-refractivity contribution is 0.732. The van der Waals surface area contributed by atoms with Gasteiger partial charge in [-0.1, -0.05) is 59.2 Å². The van der Waals surface area contributed by atoms with Crippen LogP contribution >= 0.6 is 0 Å². The van der Waals surface area contributed by atoms with E-state index in [0.29, 0.717) is 11.8 Å². The van der Waals surface area contributed by atoms with Crippen molar-refractivity contribution in [2.24, 2.45) is 0 Å². The maximum Gasteiger partial charge on any atom is 0.0918 e. The Bertz CT molecular complexity index is 474. The Labute approximate surface area is 130 Å². The van der Waals surface area contributed by atoms with E-state index in [1.165, 1.54) is 35.4 Å². The maximum atomic E-state index is 3.56. The monoisotopic (exact) mass is 286 g/mol. The van der Waals surface area contributed by atoms with Crippen LogP contribution in [-0.4, -0.2) is 6.67 Å². The Morgan fingerprint density at radius 1 is 1.10 bits per heavy atom. The molecule has 2 nitrogen and oxygen atoms in total. The second-order valence-electron chi connectivity index (χ2n) is 6.66. The van der Waals surface area contributed by atoms with Gasteiger partial charge in [-0.25, -0.2) is 0 Å². The summed E-state index contributed by atoms with van der Waals surface area (Å²) in [4.78, 5) is 2.41. The zero-order valence-electron chi connectivity index (χ0n) is 14.2. The second kappa shape index (κ2) is 7.02. The Morgan fingerprint density at radius 3 is 2.24 bits per heavy atom. The molecule has 2 heteroatoms. The van der Waals surface area contributed by atoms with Gasteiger partial charge >= 0.3 is 0 Å². The summed E-state index contributed by atoms with van der Waals surface area (Å²) in [5.74, 6) is 1.10. The summed E-state index contributed by atoms with van der Waals surface area (Å²) >= 11 is 0. The molecule has 0 unspecified atom stereocenters. The zero-order valence-corrected chi connectivity index (χ0v) is 14.2. The van der Waals surface area contributed by atoms with Gasteiger partial charge in [0.15, 0.2) is 0 Å². The summed E-state index contributed by atoms with van der Waals surface area (Å²) in [6, 6.07) is 6.77. The molecule has 1 heterocycles. The highest BCUT2D eigenvalue weighted by atomic mass is 15.3. The van der Waals surface area contributed by atoms with E-state index >= 15 is 0 Å². The molecule has 1 aliphatic rings. The molecule has 21 heavy (non-hydrogen) atoms. The van der Waals surface area contributed by atoms with Crippen LogP contribution in [0.4, 0.5) is 5.69 Å². The Hall–Kier alpha value is -1.44. The highest BCUT2D eigenvalue weighted by Gasteiger charge is 2.21. The molecule has 2 rings (SSSR count). The minimum absolute atomic E-state index is 0.548. The number of nitrogens with one attached hydrogen (secondary N) is 1. The summed E-state index contributed by atoms with van der Waals surface area (Å²) < 4.78 is 0. The van der Waals surface area contributed by atoms with E-state index in [1.54, 1.807) is 0 Å². The molecular formula is C19H30N2. The fraction of sp³-hybridized carbons (Fsp3) is 0.579. The third-order valence-corrected chi connectivity index (χ3v) is 4.22. The Balaban J connectivity index is 2.36. The van der Waals surface area contributed by atoms with Crippen LogP contribution in [0, 0.1) is 0 Å². The first kappa shape index (κ1) is 15.9. The van der Waals surface area contributed by atoms with E-state index < -0.39 is 0 Å². The molecule has 0 radical (unpaired) electrons. The topological polar surface area (TPSA) is 15.3 Å². The molecular weight excluding hydrogens is 256 g/mol. The Morgan fingerprint density at radius 2 is 1.71 bits per heavy atom. The zero-order chi connectivity index (χ0) is 15.4. The van der Waals surface area contributed by atoms with Crippen LogP contribution in [0.2, 0.25) is 0 Å². The number of benzene rings is 1. The average molecular weight is 286 g/mol. The van der Waals surface area contributed by atoms with E-state index in [2.05, 4.69) is 69.2 Å². The third-order valence-electron chi connectivity index (χ3n) is 4.22. The van der Waals surface area contributed by atoms with Crippen LogP contribution in [-0.2, 0) is 0 Å². The number of hydrogen-bond donors (Lipinski definition) is 1. The van der Waals surface area contributed by atoms with Crippen molar-refractivity contribution in [3.63, 3.8) is 0 Å². The van der Waals surface area contributed by atoms with Gasteiger partial charge in [0.25, 0.3) is 0 Å². The lowest BCUT2D eigenvalue weighted by Gasteiger charge is -2.26. The van der Waals surface area contributed by atoms with Gasteiger partial charge in [0.1, 0.15) is 0 Å². The van der Waals surface area contributed by atoms with E-state index in [1.807, 2.05) is 0 Å². The molecule has 0 aromatic heterocycles. The highest BCUT2D eigenvalue weighted by molar-refractivity contribution is 5.64. The van der Waals surface area contributed by atoms with Crippen molar-refractivity contribution in [1.82, 2.24) is 5.32 Å². The van der Waals surface area contributed by atoms with Crippen molar-refractivity contribution in [3.05, 3.63) is 41.2 Å². The van der Waals surface area contributed by atoms with Crippen LogP contribution in [0.3, 0.4) is 0 Å². The normalized spacial score (nSPS) is 14.8. The van der Waals surface area contributed by atoms with Crippen molar-refractivity contribution in [2.45, 2.75) is 65.7 Å². The number of para-hydroxylation sites is 1. The maximum absolute atomic E-state index is 3.56. The molecule has 1 aliphatic heterocycles. The predicted octanol–water partition coefficient (Wildman–Crippen LogP) is 5.33. The standard InChI is InChI=1S/C19H30N2/c1-6-7-9-16-12-21(13-20-16)19-17(14(2)3)10-8-11-18(19)15(4)5/h8,10-12,14-15,20H,6-7,9,13H2,1-5H3. The summed E-state index contributed by atoms with van der Waals surface area (Å²) in [7, 11) is 0. The largest absolute Gasteiger partial charge is 0.370 e. The van der Waals surface area contributed by atoms with Gasteiger partial charge in [0, 0.05) is 17.6 Å². The lowest BCUT2D eigenvalue weighted by atomic mass is 9.92. The van der Waals surface area contributed by atoms with E-state index in [-0.39, 0.29) is 0 Å². The van der Waals surface area contributed by atoms with Gasteiger partial charge in [-0.15, -0.1) is 0 Å². The molecule has 116 valence electrons. The molecule has 0 fully saturated rings. The first-order valence-electron chi connectivity index (χ1n) is 8.38. The lowest BCUT2D eigenvalue weighted by Crippen LogP contribution is -2.23. The molecule has 0 amide bonds. The SMILES string of the molecule is CCCCC1=CN(c2c(C(C)C)cccc2C(C)C)CN1. The summed E-state index contributed by atoms with van der Waals surface area (Å²) in [6.45, 7) is 12.3. The van der Waals surface area contributed by atoms with Crippen molar-refractivity contribution < 1.29 is 0 Å². The smallest absolute Gasteiger partial charge is 0.0918 e. The summed E-state index contributed by atoms with van der Waals surface area (Å²) in [6.07, 6.45) is 5.99. The van der Waals surface area contributed by atoms with E-state index in [4.69, 9.17) is 0 Å². The minimum Gasteiger partial charge on any atom is -0.370 e. The van der Waals surface area contributed by atoms with Gasteiger partial charge in [-0.2, -0.15) is 0 Å². The molecule has 0 saturated carbocycles. The number of unbranched alkanes of at least 4 members (excludes halogenated alkanes) is 1. The molecule has 1 aromatic carbocycles. The average Bonchev–Trinajstić information content (AvgIpc) is 2.92. The van der Waals surface area contributed by atoms with Crippen LogP contribution in [0.25, 0.3) is 0 Å². The van der Waals surface area contributed by atoms with Crippen LogP contribution in [0.5, 0.6) is 0 Å². The first-order valence-corrected chi connectivity index (χ1v) is 8.38. The van der Waals surface area contributed by atoms with Gasteiger partial charge in [-0.3, -0.25) is 0 Å². The molecule has 1 aromatic rings. The van der Waals surface area contributed by atoms with Crippen molar-refractivity contribution in [3.8, 4) is 0 Å². The first-order chi connectivity index (χ1) is 10.0. The Kier molecular flexibility index (Phi) is 5.33. The number of allylic oxidation sites excluding steroid dienone is 1. The van der Waals surface area contributed by atoms with E-state index in [9.17, 15) is 0 Å². The quantitative estimate of drug-likeness (QED) is 0.760. The van der Waals surface area contributed by atoms with Crippen molar-refractivity contribution >= 4 is 5.69 Å². The minimum atomic E-state index is 0.548. The summed E-state index contributed by atoms with van der Waals surface area (Å²) in [5.41, 5.74) is 5.71. The van der Waals surface area contributed by atoms with Crippen molar-refractivity contribution in [1.29, 1.82) is 0 Å². The number of hydrogen-bond acceptors (Lipinski definition) is 2. The molecule has 0 saturated heterocycles. The predicted molar refractivity (Wildman–Crippen MR) is 92.7 cm³/mol. The molecule has 0 bridgehead atoms. The van der Waals surface area contributed by atoms with Gasteiger partial charge < -0.3 is 10.2 Å². The highest BCUT2D eigenvalue weighted by Crippen LogP contribution is 2.36. The molecule has 0 spiro atoms. The molecule has 0 aliphatic carbocycles. The van der Waals surface area contributed by atoms with Crippen LogP contribution in [0.1, 0.15) is 76.8 Å². The van der Waals surface area contributed by atoms with Crippen LogP contribution in [0.15, 0.2) is 30.1 Å². The number of nitrogens with zero attached hydrogens (tertiary/aromatic N) is 1. The summed E-state index contributed by atoms with van der Waals surface area (Å²) in [5, 5.41) is 3.56. The fourth-order valence-corrected chi connectivity index (χ4v) is 2.97. The molecule has 1 N–H and O–H groups in total. The van der Waals surface area contributed by atoms with Crippen molar-refractivity contribution in [2.75, 3.05) is 11.6 Å². The van der Waals surface area contributed by atoms with Gasteiger partial charge in [0.05, 0.1) is 6.67 Å². The number of anilines is 1. The third kappa shape index (κ3) is 3.61. The van der Waals surface area contributed by atoms with E-state index in [0.717, 1.165) is 13.1 Å². The van der Waals surface area contributed by atoms with Gasteiger partial charge in [0.2, 0.25) is 0 Å². The van der Waals surface area contributed by atoms with Gasteiger partial charge in [-0.05, 0) is 35.8 Å².